The van der Waals surface area contributed by atoms with Crippen LogP contribution in [0.5, 0.6) is 5.75 Å². The number of carboxylic acid groups (broad SMARTS) is 1. The Morgan fingerprint density at radius 3 is 2.55 bits per heavy atom. The van der Waals surface area contributed by atoms with Gasteiger partial charge in [0.2, 0.25) is 11.8 Å². The Balaban J connectivity index is 1.55. The van der Waals surface area contributed by atoms with Crippen molar-refractivity contribution in [2.75, 3.05) is 31.4 Å². The van der Waals surface area contributed by atoms with Gasteiger partial charge in [0.25, 0.3) is 0 Å². The fourth-order valence-corrected chi connectivity index (χ4v) is 3.71. The summed E-state index contributed by atoms with van der Waals surface area (Å²) < 4.78 is 15.8. The van der Waals surface area contributed by atoms with Gasteiger partial charge in [-0.15, -0.1) is 0 Å². The monoisotopic (exact) mass is 579 g/mol. The number of ether oxygens (including phenoxy) is 2. The maximum absolute atomic E-state index is 12.9. The van der Waals surface area contributed by atoms with E-state index in [9.17, 15) is 24.3 Å². The Labute approximate surface area is 242 Å². The number of anilines is 2. The standard InChI is InChI=1S/C29H33N5O8/c1-5-12-41-29(39)33-23(27(36)37)15-21-16-30-25(42-21)17-34(3)26(35)14-19-8-11-22(24(13-19)40-4)32-28(38)31-20-9-6-18(2)7-10-20/h5-11,13,16,23H,1,12,14-15,17H2,2-4H3,(H,33,39)(H,36,37)(H2,31,32,38). The smallest absolute Gasteiger partial charge is 0.408 e. The minimum absolute atomic E-state index is 0.0291. The summed E-state index contributed by atoms with van der Waals surface area (Å²) in [4.78, 5) is 54.1. The molecule has 1 unspecified atom stereocenters. The number of amides is 4. The molecule has 0 radical (unpaired) electrons. The number of oxazole rings is 1. The minimum Gasteiger partial charge on any atom is -0.495 e. The van der Waals surface area contributed by atoms with Gasteiger partial charge in [-0.25, -0.2) is 19.4 Å². The zero-order valence-corrected chi connectivity index (χ0v) is 23.5. The Morgan fingerprint density at radius 1 is 1.14 bits per heavy atom. The third-order valence-corrected chi connectivity index (χ3v) is 5.91. The highest BCUT2D eigenvalue weighted by Crippen LogP contribution is 2.26. The Kier molecular flexibility index (Phi) is 11.1. The van der Waals surface area contributed by atoms with Crippen molar-refractivity contribution in [1.82, 2.24) is 15.2 Å². The molecule has 1 atom stereocenters. The number of aromatic nitrogens is 1. The van der Waals surface area contributed by atoms with Crippen LogP contribution in [-0.2, 0) is 33.7 Å². The van der Waals surface area contributed by atoms with Gasteiger partial charge in [-0.3, -0.25) is 4.79 Å². The lowest BCUT2D eigenvalue weighted by Gasteiger charge is -2.16. The number of rotatable bonds is 13. The molecule has 13 heteroatoms. The van der Waals surface area contributed by atoms with Crippen LogP contribution in [0.1, 0.15) is 22.8 Å². The molecule has 0 aliphatic rings. The number of carboxylic acids is 1. The molecule has 4 amide bonds. The van der Waals surface area contributed by atoms with Gasteiger partial charge in [0.15, 0.2) is 0 Å². The fraction of sp³-hybridized carbons (Fsp3) is 0.276. The number of methoxy groups -OCH3 is 1. The van der Waals surface area contributed by atoms with Crippen LogP contribution in [0.3, 0.4) is 0 Å². The summed E-state index contributed by atoms with van der Waals surface area (Å²) in [5, 5.41) is 17.1. The molecule has 4 N–H and O–H groups in total. The first kappa shape index (κ1) is 31.2. The molecule has 3 rings (SSSR count). The highest BCUT2D eigenvalue weighted by atomic mass is 16.5. The third-order valence-electron chi connectivity index (χ3n) is 5.91. The number of aryl methyl sites for hydroxylation is 1. The summed E-state index contributed by atoms with van der Waals surface area (Å²) in [6.45, 7) is 5.33. The van der Waals surface area contributed by atoms with Crippen LogP contribution in [0.15, 0.2) is 65.7 Å². The number of nitrogens with zero attached hydrogens (tertiary/aromatic N) is 2. The Hall–Kier alpha value is -5.33. The van der Waals surface area contributed by atoms with Crippen molar-refractivity contribution in [1.29, 1.82) is 0 Å². The molecule has 42 heavy (non-hydrogen) atoms. The molecule has 0 aliphatic carbocycles. The molecule has 0 aliphatic heterocycles. The number of urea groups is 1. The van der Waals surface area contributed by atoms with Gasteiger partial charge >= 0.3 is 18.1 Å². The average Bonchev–Trinajstić information content (AvgIpc) is 3.39. The zero-order valence-electron chi connectivity index (χ0n) is 23.5. The van der Waals surface area contributed by atoms with Gasteiger partial charge in [-0.2, -0.15) is 0 Å². The number of nitrogens with one attached hydrogen (secondary N) is 3. The zero-order chi connectivity index (χ0) is 30.6. The number of aliphatic carboxylic acids is 1. The van der Waals surface area contributed by atoms with Gasteiger partial charge in [0.1, 0.15) is 24.2 Å². The summed E-state index contributed by atoms with van der Waals surface area (Å²) in [7, 11) is 3.04. The lowest BCUT2D eigenvalue weighted by atomic mass is 10.1. The molecule has 0 saturated heterocycles. The van der Waals surface area contributed by atoms with Crippen LogP contribution in [0.25, 0.3) is 0 Å². The highest BCUT2D eigenvalue weighted by molar-refractivity contribution is 6.00. The van der Waals surface area contributed by atoms with Gasteiger partial charge in [0, 0.05) is 19.2 Å². The maximum atomic E-state index is 12.9. The quantitative estimate of drug-likeness (QED) is 0.220. The van der Waals surface area contributed by atoms with E-state index in [-0.39, 0.29) is 43.6 Å². The van der Waals surface area contributed by atoms with E-state index in [1.807, 2.05) is 19.1 Å². The average molecular weight is 580 g/mol. The van der Waals surface area contributed by atoms with Gasteiger partial charge in [-0.05, 0) is 36.8 Å². The molecule has 0 spiro atoms. The van der Waals surface area contributed by atoms with E-state index < -0.39 is 24.1 Å². The van der Waals surface area contributed by atoms with E-state index >= 15 is 0 Å². The maximum Gasteiger partial charge on any atom is 0.408 e. The first-order valence-corrected chi connectivity index (χ1v) is 12.8. The van der Waals surface area contributed by atoms with Crippen molar-refractivity contribution in [2.45, 2.75) is 32.4 Å². The second-order valence-electron chi connectivity index (χ2n) is 9.25. The summed E-state index contributed by atoms with van der Waals surface area (Å²) in [6, 6.07) is 10.6. The van der Waals surface area contributed by atoms with Crippen LogP contribution < -0.4 is 20.7 Å². The van der Waals surface area contributed by atoms with Crippen LogP contribution in [0.2, 0.25) is 0 Å². The van der Waals surface area contributed by atoms with Gasteiger partial charge in [-0.1, -0.05) is 36.4 Å². The summed E-state index contributed by atoms with van der Waals surface area (Å²) in [6.07, 6.45) is 1.65. The van der Waals surface area contributed by atoms with E-state index in [4.69, 9.17) is 13.9 Å². The number of carbonyl (C=O) groups is 4. The predicted molar refractivity (Wildman–Crippen MR) is 153 cm³/mol. The summed E-state index contributed by atoms with van der Waals surface area (Å²) >= 11 is 0. The normalized spacial score (nSPS) is 11.1. The number of benzene rings is 2. The van der Waals surface area contributed by atoms with E-state index in [0.29, 0.717) is 22.7 Å². The molecule has 0 fully saturated rings. The van der Waals surface area contributed by atoms with E-state index in [2.05, 4.69) is 27.5 Å². The molecular weight excluding hydrogens is 546 g/mol. The van der Waals surface area contributed by atoms with Crippen LogP contribution in [-0.4, -0.2) is 65.8 Å². The molecule has 1 aromatic heterocycles. The number of carbonyl (C=O) groups excluding carboxylic acids is 3. The second-order valence-corrected chi connectivity index (χ2v) is 9.25. The van der Waals surface area contributed by atoms with E-state index in [1.165, 1.54) is 24.3 Å². The molecule has 13 nitrogen and oxygen atoms in total. The number of alkyl carbamates (subject to hydrolysis) is 1. The highest BCUT2D eigenvalue weighted by Gasteiger charge is 2.23. The van der Waals surface area contributed by atoms with Crippen LogP contribution in [0, 0.1) is 6.92 Å². The minimum atomic E-state index is -1.30. The number of likely N-dealkylation sites (N-methyl/N-ethyl adjacent to an activating group) is 1. The molecule has 0 bridgehead atoms. The fourth-order valence-electron chi connectivity index (χ4n) is 3.71. The van der Waals surface area contributed by atoms with Crippen molar-refractivity contribution < 1.29 is 38.2 Å². The van der Waals surface area contributed by atoms with Crippen LogP contribution in [0.4, 0.5) is 21.0 Å². The Morgan fingerprint density at radius 2 is 1.88 bits per heavy atom. The number of hydrogen-bond acceptors (Lipinski definition) is 8. The molecular formula is C29H33N5O8. The topological polar surface area (TPSA) is 172 Å². The number of hydrogen-bond donors (Lipinski definition) is 4. The molecule has 1 heterocycles. The van der Waals surface area contributed by atoms with Gasteiger partial charge in [0.05, 0.1) is 32.0 Å². The third kappa shape index (κ3) is 9.40. The Bertz CT molecular complexity index is 1420. The van der Waals surface area contributed by atoms with Crippen molar-refractivity contribution >= 4 is 35.4 Å². The first-order valence-electron chi connectivity index (χ1n) is 12.8. The van der Waals surface area contributed by atoms with Crippen molar-refractivity contribution in [3.63, 3.8) is 0 Å². The largest absolute Gasteiger partial charge is 0.495 e. The van der Waals surface area contributed by atoms with Crippen molar-refractivity contribution in [3.8, 4) is 5.75 Å². The summed E-state index contributed by atoms with van der Waals surface area (Å²) in [5.74, 6) is -0.740. The van der Waals surface area contributed by atoms with Gasteiger partial charge < -0.3 is 39.8 Å². The van der Waals surface area contributed by atoms with Crippen molar-refractivity contribution in [3.05, 3.63) is 84.1 Å². The first-order chi connectivity index (χ1) is 20.1. The molecule has 0 saturated carbocycles. The predicted octanol–water partition coefficient (Wildman–Crippen LogP) is 3.74. The molecule has 3 aromatic rings. The lowest BCUT2D eigenvalue weighted by Crippen LogP contribution is -2.42. The SMILES string of the molecule is C=CCOC(=O)NC(Cc1cnc(CN(C)C(=O)Cc2ccc(NC(=O)Nc3ccc(C)cc3)c(OC)c2)o1)C(=O)O. The lowest BCUT2D eigenvalue weighted by molar-refractivity contribution is -0.139. The second kappa shape index (κ2) is 14.9. The molecule has 2 aromatic carbocycles. The summed E-state index contributed by atoms with van der Waals surface area (Å²) in [5.41, 5.74) is 2.80. The van der Waals surface area contributed by atoms with E-state index in [1.54, 1.807) is 37.4 Å². The van der Waals surface area contributed by atoms with Crippen molar-refractivity contribution in [2.24, 2.45) is 0 Å². The van der Waals surface area contributed by atoms with Crippen LogP contribution >= 0.6 is 0 Å². The molecule has 222 valence electrons. The van der Waals surface area contributed by atoms with E-state index in [0.717, 1.165) is 5.56 Å².